The van der Waals surface area contributed by atoms with Crippen LogP contribution in [0.2, 0.25) is 0 Å². The summed E-state index contributed by atoms with van der Waals surface area (Å²) in [7, 11) is 1.58. The first-order chi connectivity index (χ1) is 8.31. The van der Waals surface area contributed by atoms with Crippen molar-refractivity contribution >= 4 is 7.41 Å². The lowest BCUT2D eigenvalue weighted by molar-refractivity contribution is -0.538. The van der Waals surface area contributed by atoms with Gasteiger partial charge in [-0.15, -0.1) is 0 Å². The van der Waals surface area contributed by atoms with Crippen LogP contribution >= 0.6 is 0 Å². The number of hydrogen-bond donors (Lipinski definition) is 0. The van der Waals surface area contributed by atoms with E-state index in [-0.39, 0.29) is 0 Å². The molecule has 2 atom stereocenters. The molecule has 17 heavy (non-hydrogen) atoms. The SMILES string of the molecule is CN1CC[C@H]2CCc3c(ccc[n+]3[BH2-]C#N)[C@H]21. The van der Waals surface area contributed by atoms with E-state index in [0.717, 1.165) is 12.3 Å². The highest BCUT2D eigenvalue weighted by Crippen LogP contribution is 2.42. The van der Waals surface area contributed by atoms with E-state index in [9.17, 15) is 0 Å². The van der Waals surface area contributed by atoms with Crippen molar-refractivity contribution in [2.75, 3.05) is 13.6 Å². The van der Waals surface area contributed by atoms with Crippen molar-refractivity contribution in [2.45, 2.75) is 25.3 Å². The van der Waals surface area contributed by atoms with Gasteiger partial charge in [-0.3, -0.25) is 4.90 Å². The van der Waals surface area contributed by atoms with E-state index < -0.39 is 7.41 Å². The molecule has 1 aromatic rings. The van der Waals surface area contributed by atoms with Crippen LogP contribution in [0.5, 0.6) is 0 Å². The van der Waals surface area contributed by atoms with Crippen molar-refractivity contribution in [1.29, 1.82) is 5.26 Å². The zero-order chi connectivity index (χ0) is 11.8. The summed E-state index contributed by atoms with van der Waals surface area (Å²) >= 11 is 0. The van der Waals surface area contributed by atoms with E-state index in [1.54, 1.807) is 0 Å². The summed E-state index contributed by atoms with van der Waals surface area (Å²) < 4.78 is 2.25. The first-order valence-corrected chi connectivity index (χ1v) is 6.67. The van der Waals surface area contributed by atoms with Gasteiger partial charge < -0.3 is 4.48 Å². The minimum atomic E-state index is -0.652. The van der Waals surface area contributed by atoms with Gasteiger partial charge in [-0.2, -0.15) is 0 Å². The number of nitriles is 1. The van der Waals surface area contributed by atoms with Crippen LogP contribution in [0.4, 0.5) is 0 Å². The Morgan fingerprint density at radius 2 is 2.41 bits per heavy atom. The molecule has 2 aliphatic rings. The normalized spacial score (nSPS) is 27.3. The molecule has 1 aliphatic heterocycles. The third-order valence-electron chi connectivity index (χ3n) is 4.53. The Labute approximate surface area is 103 Å². The van der Waals surface area contributed by atoms with Crippen LogP contribution in [0.1, 0.15) is 30.1 Å². The molecule has 0 unspecified atom stereocenters. The summed E-state index contributed by atoms with van der Waals surface area (Å²) in [6.07, 6.45) is 5.89. The maximum Gasteiger partial charge on any atom is 0.349 e. The van der Waals surface area contributed by atoms with E-state index in [1.165, 1.54) is 30.6 Å². The lowest BCUT2D eigenvalue weighted by Crippen LogP contribution is -2.46. The summed E-state index contributed by atoms with van der Waals surface area (Å²) in [5.74, 6) is 3.22. The average molecular weight is 227 g/mol. The van der Waals surface area contributed by atoms with Crippen LogP contribution in [-0.4, -0.2) is 25.9 Å². The third-order valence-corrected chi connectivity index (χ3v) is 4.53. The lowest BCUT2D eigenvalue weighted by atomic mass is 9.81. The van der Waals surface area contributed by atoms with E-state index in [2.05, 4.69) is 40.7 Å². The minimum absolute atomic E-state index is 0.608. The van der Waals surface area contributed by atoms with Crippen molar-refractivity contribution in [3.8, 4) is 5.97 Å². The molecule has 3 rings (SSSR count). The summed E-state index contributed by atoms with van der Waals surface area (Å²) in [6.45, 7) is 1.22. The van der Waals surface area contributed by atoms with Crippen molar-refractivity contribution in [3.63, 3.8) is 0 Å². The minimum Gasteiger partial charge on any atom is -0.417 e. The zero-order valence-electron chi connectivity index (χ0n) is 10.6. The fourth-order valence-corrected chi connectivity index (χ4v) is 3.71. The second-order valence-electron chi connectivity index (χ2n) is 5.48. The van der Waals surface area contributed by atoms with Crippen LogP contribution in [-0.2, 0) is 6.42 Å². The highest BCUT2D eigenvalue weighted by atomic mass is 15.2. The average Bonchev–Trinajstić information content (AvgIpc) is 2.72. The van der Waals surface area contributed by atoms with Gasteiger partial charge in [-0.05, 0) is 44.5 Å². The number of aromatic nitrogens is 1. The first-order valence-electron chi connectivity index (χ1n) is 6.67. The Hall–Kier alpha value is -1.34. The van der Waals surface area contributed by atoms with Crippen LogP contribution < -0.4 is 4.48 Å². The maximum absolute atomic E-state index is 8.93. The van der Waals surface area contributed by atoms with Gasteiger partial charge in [-0.1, -0.05) is 5.97 Å². The summed E-state index contributed by atoms with van der Waals surface area (Å²) in [4.78, 5) is 2.49. The third kappa shape index (κ3) is 1.66. The molecule has 1 aliphatic carbocycles. The molecule has 1 aromatic heterocycles. The topological polar surface area (TPSA) is 30.9 Å². The second-order valence-corrected chi connectivity index (χ2v) is 5.48. The van der Waals surface area contributed by atoms with Gasteiger partial charge in [-0.25, -0.2) is 5.26 Å². The first kappa shape index (κ1) is 10.8. The molecule has 0 spiro atoms. The fraction of sp³-hybridized carbons (Fsp3) is 0.538. The van der Waals surface area contributed by atoms with E-state index >= 15 is 0 Å². The van der Waals surface area contributed by atoms with Gasteiger partial charge in [0.2, 0.25) is 0 Å². The predicted molar refractivity (Wildman–Crippen MR) is 68.0 cm³/mol. The standard InChI is InChI=1S/C13H18BN3/c1-16-8-6-10-4-5-12-11(13(10)16)3-2-7-17(12)14-9-15/h2-3,7,10,13H,4-6,8,14H2,1H3/t10-,13+/m1/s1. The number of pyridine rings is 1. The zero-order valence-corrected chi connectivity index (χ0v) is 10.6. The van der Waals surface area contributed by atoms with Crippen molar-refractivity contribution < 1.29 is 4.48 Å². The van der Waals surface area contributed by atoms with Crippen LogP contribution in [0.15, 0.2) is 18.3 Å². The predicted octanol–water partition coefficient (Wildman–Crippen LogP) is 0.326. The highest BCUT2D eigenvalue weighted by molar-refractivity contribution is 6.35. The van der Waals surface area contributed by atoms with E-state index in [1.807, 2.05) is 0 Å². The second kappa shape index (κ2) is 4.16. The molecule has 0 radical (unpaired) electrons. The molecule has 2 heterocycles. The van der Waals surface area contributed by atoms with Crippen molar-refractivity contribution in [2.24, 2.45) is 5.92 Å². The number of fused-ring (bicyclic) bond motifs is 3. The molecule has 88 valence electrons. The number of nitrogens with zero attached hydrogens (tertiary/aromatic N) is 3. The van der Waals surface area contributed by atoms with E-state index in [0.29, 0.717) is 6.04 Å². The molecule has 0 bridgehead atoms. The van der Waals surface area contributed by atoms with Crippen molar-refractivity contribution in [3.05, 3.63) is 29.6 Å². The molecule has 1 fully saturated rings. The van der Waals surface area contributed by atoms with Crippen LogP contribution in [0.25, 0.3) is 0 Å². The number of rotatable bonds is 1. The Morgan fingerprint density at radius 1 is 1.53 bits per heavy atom. The van der Waals surface area contributed by atoms with Gasteiger partial charge in [0.1, 0.15) is 11.9 Å². The summed E-state index contributed by atoms with van der Waals surface area (Å²) in [6, 6.07) is 5.00. The molecule has 4 heteroatoms. The molecule has 0 aromatic carbocycles. The largest absolute Gasteiger partial charge is 0.417 e. The molecular weight excluding hydrogens is 209 g/mol. The fourth-order valence-electron chi connectivity index (χ4n) is 3.71. The highest BCUT2D eigenvalue weighted by Gasteiger charge is 2.39. The molecule has 0 N–H and O–H groups in total. The summed E-state index contributed by atoms with van der Waals surface area (Å²) in [5, 5.41) is 8.93. The van der Waals surface area contributed by atoms with Gasteiger partial charge >= 0.3 is 7.41 Å². The monoisotopic (exact) mass is 227 g/mol. The summed E-state index contributed by atoms with van der Waals surface area (Å²) in [5.41, 5.74) is 2.92. The number of likely N-dealkylation sites (tertiary alicyclic amines) is 1. The van der Waals surface area contributed by atoms with Gasteiger partial charge in [0, 0.05) is 18.0 Å². The maximum atomic E-state index is 8.93. The Morgan fingerprint density at radius 3 is 3.24 bits per heavy atom. The Bertz CT molecular complexity index is 480. The van der Waals surface area contributed by atoms with Crippen LogP contribution in [0, 0.1) is 17.1 Å². The molecular formula is C13H18BN3. The quantitative estimate of drug-likeness (QED) is 0.647. The van der Waals surface area contributed by atoms with Crippen molar-refractivity contribution in [1.82, 2.24) is 4.90 Å². The lowest BCUT2D eigenvalue weighted by Gasteiger charge is -2.31. The molecule has 1 saturated heterocycles. The molecule has 0 saturated carbocycles. The Balaban J connectivity index is 2.06. The number of hydrogen-bond acceptors (Lipinski definition) is 2. The van der Waals surface area contributed by atoms with Crippen LogP contribution in [0.3, 0.4) is 0 Å². The molecule has 3 nitrogen and oxygen atoms in total. The molecule has 0 amide bonds. The van der Waals surface area contributed by atoms with Gasteiger partial charge in [0.05, 0.1) is 0 Å². The Kier molecular flexibility index (Phi) is 2.64. The van der Waals surface area contributed by atoms with E-state index in [4.69, 9.17) is 5.26 Å². The smallest absolute Gasteiger partial charge is 0.349 e. The van der Waals surface area contributed by atoms with Gasteiger partial charge in [0.15, 0.2) is 0 Å². The van der Waals surface area contributed by atoms with Gasteiger partial charge in [0.25, 0.3) is 0 Å².